The van der Waals surface area contributed by atoms with Crippen LogP contribution in [0.5, 0.6) is 0 Å². The van der Waals surface area contributed by atoms with Crippen LogP contribution in [0.1, 0.15) is 19.8 Å². The van der Waals surface area contributed by atoms with Crippen LogP contribution in [0.4, 0.5) is 0 Å². The summed E-state index contributed by atoms with van der Waals surface area (Å²) < 4.78 is 0. The van der Waals surface area contributed by atoms with Crippen molar-refractivity contribution in [2.45, 2.75) is 31.8 Å². The van der Waals surface area contributed by atoms with E-state index in [2.05, 4.69) is 0 Å². The first kappa shape index (κ1) is 9.48. The number of carbonyl (C=O) groups is 1. The van der Waals surface area contributed by atoms with E-state index in [1.807, 2.05) is 11.8 Å². The van der Waals surface area contributed by atoms with Crippen molar-refractivity contribution in [3.8, 4) is 0 Å². The minimum Gasteiger partial charge on any atom is -0.480 e. The average Bonchev–Trinajstić information content (AvgIpc) is 2.33. The van der Waals surface area contributed by atoms with Gasteiger partial charge in [-0.15, -0.1) is 0 Å². The lowest BCUT2D eigenvalue weighted by Gasteiger charge is -2.22. The second-order valence-corrected chi connectivity index (χ2v) is 3.47. The molecule has 1 rings (SSSR count). The van der Waals surface area contributed by atoms with E-state index in [-0.39, 0.29) is 12.1 Å². The third-order valence-corrected chi connectivity index (χ3v) is 2.17. The van der Waals surface area contributed by atoms with Gasteiger partial charge in [-0.3, -0.25) is 9.69 Å². The van der Waals surface area contributed by atoms with E-state index in [0.29, 0.717) is 6.54 Å². The molecule has 0 aromatic carbocycles. The molecule has 4 nitrogen and oxygen atoms in total. The molecule has 0 saturated carbocycles. The lowest BCUT2D eigenvalue weighted by atomic mass is 10.2. The molecule has 3 N–H and O–H groups in total. The summed E-state index contributed by atoms with van der Waals surface area (Å²) in [5.41, 5.74) is 5.60. The van der Waals surface area contributed by atoms with Crippen LogP contribution in [0, 0.1) is 0 Å². The van der Waals surface area contributed by atoms with E-state index in [1.165, 1.54) is 0 Å². The Bertz CT molecular complexity index is 170. The Hall–Kier alpha value is -0.610. The monoisotopic (exact) mass is 172 g/mol. The van der Waals surface area contributed by atoms with E-state index in [0.717, 1.165) is 19.4 Å². The maximum atomic E-state index is 10.7. The molecule has 0 radical (unpaired) electrons. The summed E-state index contributed by atoms with van der Waals surface area (Å²) in [4.78, 5) is 12.7. The fraction of sp³-hybridized carbons (Fsp3) is 0.875. The molecule has 2 atom stereocenters. The Morgan fingerprint density at radius 1 is 1.83 bits per heavy atom. The zero-order chi connectivity index (χ0) is 9.14. The molecule has 0 amide bonds. The highest BCUT2D eigenvalue weighted by molar-refractivity contribution is 5.73. The van der Waals surface area contributed by atoms with Crippen molar-refractivity contribution < 1.29 is 9.90 Å². The van der Waals surface area contributed by atoms with Crippen LogP contribution in [-0.4, -0.2) is 41.1 Å². The summed E-state index contributed by atoms with van der Waals surface area (Å²) in [6, 6.07) is -0.235. The van der Waals surface area contributed by atoms with Gasteiger partial charge in [-0.25, -0.2) is 0 Å². The third kappa shape index (κ3) is 2.19. The molecule has 4 heteroatoms. The number of rotatable bonds is 3. The van der Waals surface area contributed by atoms with Crippen molar-refractivity contribution >= 4 is 5.97 Å². The molecule has 0 unspecified atom stereocenters. The largest absolute Gasteiger partial charge is 0.480 e. The van der Waals surface area contributed by atoms with Gasteiger partial charge in [-0.1, -0.05) is 0 Å². The Morgan fingerprint density at radius 3 is 3.00 bits per heavy atom. The summed E-state index contributed by atoms with van der Waals surface area (Å²) in [7, 11) is 0. The maximum Gasteiger partial charge on any atom is 0.320 e. The first-order valence-corrected chi connectivity index (χ1v) is 4.33. The summed E-state index contributed by atoms with van der Waals surface area (Å²) in [5.74, 6) is -0.715. The number of likely N-dealkylation sites (tertiary alicyclic amines) is 1. The molecule has 0 aromatic rings. The van der Waals surface area contributed by atoms with Gasteiger partial charge in [0.1, 0.15) is 6.04 Å². The molecule has 1 aliphatic heterocycles. The highest BCUT2D eigenvalue weighted by atomic mass is 16.4. The van der Waals surface area contributed by atoms with E-state index >= 15 is 0 Å². The van der Waals surface area contributed by atoms with Crippen molar-refractivity contribution in [3.63, 3.8) is 0 Å². The molecular weight excluding hydrogens is 156 g/mol. The Morgan fingerprint density at radius 2 is 2.50 bits per heavy atom. The van der Waals surface area contributed by atoms with Crippen LogP contribution in [-0.2, 0) is 4.79 Å². The zero-order valence-electron chi connectivity index (χ0n) is 7.36. The molecule has 0 aromatic heterocycles. The van der Waals surface area contributed by atoms with E-state index in [9.17, 15) is 4.79 Å². The molecule has 12 heavy (non-hydrogen) atoms. The number of nitrogens with two attached hydrogens (primary N) is 1. The van der Waals surface area contributed by atoms with Crippen molar-refractivity contribution in [1.29, 1.82) is 0 Å². The molecular formula is C8H16N2O2. The fourth-order valence-corrected chi connectivity index (χ4v) is 1.69. The molecule has 0 spiro atoms. The minimum atomic E-state index is -0.715. The number of carboxylic acid groups (broad SMARTS) is 1. The van der Waals surface area contributed by atoms with Gasteiger partial charge < -0.3 is 10.8 Å². The van der Waals surface area contributed by atoms with Crippen LogP contribution in [0.3, 0.4) is 0 Å². The topological polar surface area (TPSA) is 66.6 Å². The van der Waals surface area contributed by atoms with Gasteiger partial charge in [0.25, 0.3) is 0 Å². The molecule has 1 saturated heterocycles. The predicted octanol–water partition coefficient (Wildman–Crippen LogP) is -0.117. The summed E-state index contributed by atoms with van der Waals surface area (Å²) in [6.07, 6.45) is 1.74. The number of nitrogens with zero attached hydrogens (tertiary/aromatic N) is 1. The van der Waals surface area contributed by atoms with Gasteiger partial charge in [-0.05, 0) is 26.3 Å². The van der Waals surface area contributed by atoms with Crippen molar-refractivity contribution in [2.24, 2.45) is 5.73 Å². The number of hydrogen-bond donors (Lipinski definition) is 2. The summed E-state index contributed by atoms with van der Waals surface area (Å²) in [5, 5.41) is 8.81. The maximum absolute atomic E-state index is 10.7. The third-order valence-electron chi connectivity index (χ3n) is 2.17. The number of carboxylic acids is 1. The van der Waals surface area contributed by atoms with Gasteiger partial charge in [-0.2, -0.15) is 0 Å². The van der Waals surface area contributed by atoms with Crippen molar-refractivity contribution in [3.05, 3.63) is 0 Å². The number of hydrogen-bond acceptors (Lipinski definition) is 3. The normalized spacial score (nSPS) is 27.3. The summed E-state index contributed by atoms with van der Waals surface area (Å²) >= 11 is 0. The van der Waals surface area contributed by atoms with Crippen molar-refractivity contribution in [1.82, 2.24) is 4.90 Å². The minimum absolute atomic E-state index is 0.0601. The van der Waals surface area contributed by atoms with Gasteiger partial charge in [0.05, 0.1) is 0 Å². The Kier molecular flexibility index (Phi) is 3.05. The van der Waals surface area contributed by atoms with E-state index in [1.54, 1.807) is 0 Å². The van der Waals surface area contributed by atoms with Crippen molar-refractivity contribution in [2.75, 3.05) is 13.1 Å². The molecule has 0 bridgehead atoms. The quantitative estimate of drug-likeness (QED) is 0.623. The zero-order valence-corrected chi connectivity index (χ0v) is 7.36. The first-order chi connectivity index (χ1) is 5.61. The predicted molar refractivity (Wildman–Crippen MR) is 45.9 cm³/mol. The Balaban J connectivity index is 2.46. The average molecular weight is 172 g/mol. The summed E-state index contributed by atoms with van der Waals surface area (Å²) in [6.45, 7) is 3.46. The SMILES string of the molecule is C[C@@H](N)CN1CCC[C@H]1C(=O)O. The molecule has 1 aliphatic rings. The van der Waals surface area contributed by atoms with E-state index < -0.39 is 5.97 Å². The van der Waals surface area contributed by atoms with Crippen LogP contribution in [0.25, 0.3) is 0 Å². The van der Waals surface area contributed by atoms with Crippen LogP contribution >= 0.6 is 0 Å². The van der Waals surface area contributed by atoms with Gasteiger partial charge in [0.2, 0.25) is 0 Å². The molecule has 0 aliphatic carbocycles. The van der Waals surface area contributed by atoms with Crippen LogP contribution < -0.4 is 5.73 Å². The van der Waals surface area contributed by atoms with Crippen LogP contribution in [0.15, 0.2) is 0 Å². The molecule has 1 heterocycles. The molecule has 70 valence electrons. The van der Waals surface area contributed by atoms with Gasteiger partial charge >= 0.3 is 5.97 Å². The highest BCUT2D eigenvalue weighted by Gasteiger charge is 2.30. The standard InChI is InChI=1S/C8H16N2O2/c1-6(9)5-10-4-2-3-7(10)8(11)12/h6-7H,2-5,9H2,1H3,(H,11,12)/t6-,7+/m1/s1. The molecule has 1 fully saturated rings. The second-order valence-electron chi connectivity index (χ2n) is 3.47. The highest BCUT2D eigenvalue weighted by Crippen LogP contribution is 2.16. The lowest BCUT2D eigenvalue weighted by Crippen LogP contribution is -2.42. The first-order valence-electron chi connectivity index (χ1n) is 4.33. The number of aliphatic carboxylic acids is 1. The lowest BCUT2D eigenvalue weighted by molar-refractivity contribution is -0.142. The smallest absolute Gasteiger partial charge is 0.320 e. The fourth-order valence-electron chi connectivity index (χ4n) is 1.69. The van der Waals surface area contributed by atoms with Gasteiger partial charge in [0, 0.05) is 12.6 Å². The van der Waals surface area contributed by atoms with Gasteiger partial charge in [0.15, 0.2) is 0 Å². The van der Waals surface area contributed by atoms with Crippen LogP contribution in [0.2, 0.25) is 0 Å². The Labute approximate surface area is 72.3 Å². The van der Waals surface area contributed by atoms with E-state index in [4.69, 9.17) is 10.8 Å². The second kappa shape index (κ2) is 3.87.